The minimum Gasteiger partial charge on any atom is -0.478 e. The molecule has 70 valence electrons. The maximum absolute atomic E-state index is 10.6. The van der Waals surface area contributed by atoms with Crippen molar-refractivity contribution in [1.82, 2.24) is 0 Å². The third-order valence-corrected chi connectivity index (χ3v) is 3.27. The van der Waals surface area contributed by atoms with E-state index in [0.29, 0.717) is 17.9 Å². The van der Waals surface area contributed by atoms with Crippen molar-refractivity contribution in [3.05, 3.63) is 24.3 Å². The molecule has 2 atom stereocenters. The Labute approximate surface area is 78.0 Å². The van der Waals surface area contributed by atoms with Crippen LogP contribution in [0.3, 0.4) is 0 Å². The summed E-state index contributed by atoms with van der Waals surface area (Å²) in [5.41, 5.74) is 0.507. The number of carboxylic acid groups (broad SMARTS) is 1. The number of hydrogen-bond donors (Lipinski definition) is 1. The Bertz CT molecular complexity index is 290. The molecule has 2 bridgehead atoms. The van der Waals surface area contributed by atoms with Gasteiger partial charge in [0, 0.05) is 5.57 Å². The summed E-state index contributed by atoms with van der Waals surface area (Å²) in [5.74, 6) is -0.139. The summed E-state index contributed by atoms with van der Waals surface area (Å²) in [6, 6.07) is 0. The van der Waals surface area contributed by atoms with Gasteiger partial charge in [0.2, 0.25) is 0 Å². The summed E-state index contributed by atoms with van der Waals surface area (Å²) in [6.45, 7) is 3.60. The van der Waals surface area contributed by atoms with Gasteiger partial charge in [-0.15, -0.1) is 0 Å². The van der Waals surface area contributed by atoms with Gasteiger partial charge in [0.15, 0.2) is 0 Å². The van der Waals surface area contributed by atoms with E-state index in [9.17, 15) is 4.79 Å². The highest BCUT2D eigenvalue weighted by molar-refractivity contribution is 5.85. The van der Waals surface area contributed by atoms with Crippen LogP contribution in [-0.4, -0.2) is 11.1 Å². The summed E-state index contributed by atoms with van der Waals surface area (Å²) >= 11 is 0. The van der Waals surface area contributed by atoms with Crippen molar-refractivity contribution < 1.29 is 9.90 Å². The fraction of sp³-hybridized carbons (Fsp3) is 0.545. The summed E-state index contributed by atoms with van der Waals surface area (Å²) in [5, 5.41) is 8.74. The van der Waals surface area contributed by atoms with Gasteiger partial charge in [-0.1, -0.05) is 18.7 Å². The van der Waals surface area contributed by atoms with E-state index in [1.807, 2.05) is 0 Å². The number of hydrogen-bond acceptors (Lipinski definition) is 1. The normalized spacial score (nSPS) is 35.2. The van der Waals surface area contributed by atoms with E-state index in [1.54, 1.807) is 0 Å². The van der Waals surface area contributed by atoms with Crippen LogP contribution in [0, 0.1) is 11.3 Å². The van der Waals surface area contributed by atoms with Crippen molar-refractivity contribution in [1.29, 1.82) is 0 Å². The van der Waals surface area contributed by atoms with Gasteiger partial charge in [0.1, 0.15) is 0 Å². The topological polar surface area (TPSA) is 37.3 Å². The first kappa shape index (κ1) is 8.54. The summed E-state index contributed by atoms with van der Waals surface area (Å²) < 4.78 is 0. The van der Waals surface area contributed by atoms with E-state index in [-0.39, 0.29) is 5.41 Å². The van der Waals surface area contributed by atoms with Crippen molar-refractivity contribution >= 4 is 5.97 Å². The molecule has 0 aromatic carbocycles. The molecule has 1 N–H and O–H groups in total. The lowest BCUT2D eigenvalue weighted by atomic mass is 9.81. The van der Waals surface area contributed by atoms with E-state index < -0.39 is 5.97 Å². The van der Waals surface area contributed by atoms with E-state index in [4.69, 9.17) is 5.11 Å². The fourth-order valence-corrected chi connectivity index (χ4v) is 2.58. The van der Waals surface area contributed by atoms with E-state index >= 15 is 0 Å². The zero-order valence-electron chi connectivity index (χ0n) is 7.62. The number of allylic oxidation sites excluding steroid dienone is 2. The maximum Gasteiger partial charge on any atom is 0.330 e. The number of carboxylic acids is 1. The van der Waals surface area contributed by atoms with Crippen LogP contribution in [0.4, 0.5) is 0 Å². The second kappa shape index (κ2) is 2.72. The zero-order chi connectivity index (χ0) is 9.47. The lowest BCUT2D eigenvalue weighted by Crippen LogP contribution is -2.15. The van der Waals surface area contributed by atoms with Gasteiger partial charge in [-0.05, 0) is 37.0 Å². The van der Waals surface area contributed by atoms with Gasteiger partial charge in [-0.2, -0.15) is 0 Å². The molecular weight excluding hydrogens is 164 g/mol. The van der Waals surface area contributed by atoms with Crippen LogP contribution < -0.4 is 0 Å². The van der Waals surface area contributed by atoms with Crippen LogP contribution in [0.25, 0.3) is 0 Å². The van der Waals surface area contributed by atoms with Gasteiger partial charge in [0.25, 0.3) is 0 Å². The Morgan fingerprint density at radius 1 is 1.69 bits per heavy atom. The Morgan fingerprint density at radius 2 is 2.46 bits per heavy atom. The third-order valence-electron chi connectivity index (χ3n) is 3.27. The standard InChI is InChI=1S/C11H14O2/c1-8(10(12)13)6-11-4-2-9(7-11)3-5-11/h2,4,9H,1,3,5-7H2,(H,12,13). The van der Waals surface area contributed by atoms with E-state index in [2.05, 4.69) is 18.7 Å². The number of rotatable bonds is 3. The van der Waals surface area contributed by atoms with Crippen LogP contribution >= 0.6 is 0 Å². The van der Waals surface area contributed by atoms with E-state index in [1.165, 1.54) is 6.42 Å². The van der Waals surface area contributed by atoms with Gasteiger partial charge in [0.05, 0.1) is 0 Å². The molecule has 1 fully saturated rings. The molecule has 0 aromatic heterocycles. The largest absolute Gasteiger partial charge is 0.478 e. The zero-order valence-corrected chi connectivity index (χ0v) is 7.62. The molecule has 2 nitrogen and oxygen atoms in total. The predicted octanol–water partition coefficient (Wildman–Crippen LogP) is 2.37. The highest BCUT2D eigenvalue weighted by Crippen LogP contribution is 2.52. The average Bonchev–Trinajstić information content (AvgIpc) is 2.62. The molecule has 0 aromatic rings. The molecule has 2 aliphatic carbocycles. The highest BCUT2D eigenvalue weighted by Gasteiger charge is 2.41. The van der Waals surface area contributed by atoms with Crippen molar-refractivity contribution in [2.75, 3.05) is 0 Å². The van der Waals surface area contributed by atoms with Crippen LogP contribution in [-0.2, 0) is 4.79 Å². The Hall–Kier alpha value is -1.05. The Morgan fingerprint density at radius 3 is 2.85 bits per heavy atom. The number of aliphatic carboxylic acids is 1. The fourth-order valence-electron chi connectivity index (χ4n) is 2.58. The maximum atomic E-state index is 10.6. The summed E-state index contributed by atoms with van der Waals surface area (Å²) in [6.07, 6.45) is 8.58. The molecule has 2 rings (SSSR count). The molecule has 0 heterocycles. The first-order valence-corrected chi connectivity index (χ1v) is 4.72. The quantitative estimate of drug-likeness (QED) is 0.532. The SMILES string of the molecule is C=C(CC12C=CC(CC1)C2)C(=O)O. The summed E-state index contributed by atoms with van der Waals surface area (Å²) in [7, 11) is 0. The van der Waals surface area contributed by atoms with Crippen molar-refractivity contribution in [2.24, 2.45) is 11.3 Å². The lowest BCUT2D eigenvalue weighted by Gasteiger charge is -2.22. The van der Waals surface area contributed by atoms with Gasteiger partial charge in [-0.25, -0.2) is 4.79 Å². The number of fused-ring (bicyclic) bond motifs is 2. The van der Waals surface area contributed by atoms with Crippen LogP contribution in [0.1, 0.15) is 25.7 Å². The molecule has 0 spiro atoms. The van der Waals surface area contributed by atoms with Crippen molar-refractivity contribution in [3.63, 3.8) is 0 Å². The predicted molar refractivity (Wildman–Crippen MR) is 50.3 cm³/mol. The smallest absolute Gasteiger partial charge is 0.330 e. The third kappa shape index (κ3) is 1.41. The molecule has 1 saturated carbocycles. The van der Waals surface area contributed by atoms with Crippen molar-refractivity contribution in [3.8, 4) is 0 Å². The summed E-state index contributed by atoms with van der Waals surface area (Å²) in [4.78, 5) is 10.6. The molecule has 0 saturated heterocycles. The van der Waals surface area contributed by atoms with Gasteiger partial charge in [-0.3, -0.25) is 0 Å². The van der Waals surface area contributed by atoms with Gasteiger partial charge < -0.3 is 5.11 Å². The average molecular weight is 178 g/mol. The molecule has 2 heteroatoms. The Balaban J connectivity index is 2.06. The van der Waals surface area contributed by atoms with Gasteiger partial charge >= 0.3 is 5.97 Å². The molecule has 2 aliphatic rings. The van der Waals surface area contributed by atoms with Crippen LogP contribution in [0.2, 0.25) is 0 Å². The molecule has 0 amide bonds. The first-order chi connectivity index (χ1) is 6.11. The van der Waals surface area contributed by atoms with Crippen LogP contribution in [0.15, 0.2) is 24.3 Å². The molecular formula is C11H14O2. The molecule has 2 unspecified atom stereocenters. The van der Waals surface area contributed by atoms with Crippen LogP contribution in [0.5, 0.6) is 0 Å². The lowest BCUT2D eigenvalue weighted by molar-refractivity contribution is -0.133. The second-order valence-corrected chi connectivity index (χ2v) is 4.31. The number of carbonyl (C=O) groups is 1. The Kier molecular flexibility index (Phi) is 1.79. The highest BCUT2D eigenvalue weighted by atomic mass is 16.4. The first-order valence-electron chi connectivity index (χ1n) is 4.72. The van der Waals surface area contributed by atoms with Crippen molar-refractivity contribution in [2.45, 2.75) is 25.7 Å². The molecule has 0 aliphatic heterocycles. The molecule has 13 heavy (non-hydrogen) atoms. The van der Waals surface area contributed by atoms with E-state index in [0.717, 1.165) is 12.8 Å². The molecule has 0 radical (unpaired) electrons. The second-order valence-electron chi connectivity index (χ2n) is 4.31. The minimum absolute atomic E-state index is 0.153. The monoisotopic (exact) mass is 178 g/mol. The minimum atomic E-state index is -0.849.